The fraction of sp³-hybridized carbons (Fsp3) is 0.857. The minimum Gasteiger partial charge on any atom is -0.316 e. The third-order valence-electron chi connectivity index (χ3n) is 2.64. The van der Waals surface area contributed by atoms with Crippen LogP contribution in [0.5, 0.6) is 0 Å². The Kier molecular flexibility index (Phi) is 7.69. The topological polar surface area (TPSA) is 15.3 Å². The molecule has 0 aliphatic rings. The van der Waals surface area contributed by atoms with Crippen LogP contribution in [-0.4, -0.2) is 37.6 Å². The van der Waals surface area contributed by atoms with E-state index < -0.39 is 0 Å². The number of rotatable bonds is 9. The maximum atomic E-state index is 3.81. The first-order chi connectivity index (χ1) is 7.41. The quantitative estimate of drug-likeness (QED) is 0.608. The van der Waals surface area contributed by atoms with Gasteiger partial charge in [0.25, 0.3) is 0 Å². The molecule has 0 aromatic heterocycles. The van der Waals surface area contributed by atoms with Gasteiger partial charge in [-0.2, -0.15) is 0 Å². The lowest BCUT2D eigenvalue weighted by Gasteiger charge is -2.32. The van der Waals surface area contributed by atoms with Crippen LogP contribution in [-0.2, 0) is 0 Å². The molecule has 0 fully saturated rings. The fourth-order valence-electron chi connectivity index (χ4n) is 1.85. The van der Waals surface area contributed by atoms with Crippen molar-refractivity contribution in [2.75, 3.05) is 32.7 Å². The minimum atomic E-state index is 0.327. The van der Waals surface area contributed by atoms with Gasteiger partial charge in [0.2, 0.25) is 0 Å². The Morgan fingerprint density at radius 3 is 2.44 bits per heavy atom. The maximum Gasteiger partial charge on any atom is 0.0160 e. The maximum absolute atomic E-state index is 3.81. The Morgan fingerprint density at radius 2 is 2.00 bits per heavy atom. The van der Waals surface area contributed by atoms with Gasteiger partial charge in [0, 0.05) is 19.6 Å². The molecule has 0 saturated carbocycles. The van der Waals surface area contributed by atoms with Crippen LogP contribution in [0.15, 0.2) is 12.7 Å². The number of likely N-dealkylation sites (N-methyl/N-ethyl adjacent to an activating group) is 1. The summed E-state index contributed by atoms with van der Waals surface area (Å²) in [5.74, 6) is 0.728. The SMILES string of the molecule is C=CCN(CC)CC(C)(C)CNCC(C)C. The van der Waals surface area contributed by atoms with Crippen LogP contribution >= 0.6 is 0 Å². The Bertz CT molecular complexity index is 185. The van der Waals surface area contributed by atoms with Gasteiger partial charge in [-0.25, -0.2) is 0 Å². The standard InChI is InChI=1S/C14H30N2/c1-7-9-16(8-2)12-14(5,6)11-15-10-13(3)4/h7,13,15H,1,8-12H2,2-6H3. The Hall–Kier alpha value is -0.340. The van der Waals surface area contributed by atoms with Crippen LogP contribution in [0.4, 0.5) is 0 Å². The number of nitrogens with zero attached hydrogens (tertiary/aromatic N) is 1. The fourth-order valence-corrected chi connectivity index (χ4v) is 1.85. The second-order valence-electron chi connectivity index (χ2n) is 5.81. The summed E-state index contributed by atoms with van der Waals surface area (Å²) in [5.41, 5.74) is 0.327. The van der Waals surface area contributed by atoms with E-state index in [0.717, 1.165) is 38.6 Å². The van der Waals surface area contributed by atoms with Gasteiger partial charge in [-0.1, -0.05) is 40.7 Å². The molecule has 0 atom stereocenters. The van der Waals surface area contributed by atoms with Gasteiger partial charge in [-0.3, -0.25) is 4.90 Å². The number of hydrogen-bond acceptors (Lipinski definition) is 2. The van der Waals surface area contributed by atoms with Crippen molar-refractivity contribution >= 4 is 0 Å². The van der Waals surface area contributed by atoms with E-state index in [4.69, 9.17) is 0 Å². The number of hydrogen-bond donors (Lipinski definition) is 1. The summed E-state index contributed by atoms with van der Waals surface area (Å²) in [4.78, 5) is 2.43. The van der Waals surface area contributed by atoms with E-state index >= 15 is 0 Å². The van der Waals surface area contributed by atoms with E-state index in [1.165, 1.54) is 0 Å². The van der Waals surface area contributed by atoms with Crippen LogP contribution in [0.2, 0.25) is 0 Å². The summed E-state index contributed by atoms with van der Waals surface area (Å²) in [6.07, 6.45) is 1.99. The Labute approximate surface area is 102 Å². The molecule has 0 unspecified atom stereocenters. The average molecular weight is 226 g/mol. The van der Waals surface area contributed by atoms with Crippen molar-refractivity contribution < 1.29 is 0 Å². The molecule has 2 heteroatoms. The predicted octanol–water partition coefficient (Wildman–Crippen LogP) is 2.77. The van der Waals surface area contributed by atoms with Gasteiger partial charge >= 0.3 is 0 Å². The van der Waals surface area contributed by atoms with Gasteiger partial charge < -0.3 is 5.32 Å². The van der Waals surface area contributed by atoms with Crippen LogP contribution in [0.25, 0.3) is 0 Å². The summed E-state index contributed by atoms with van der Waals surface area (Å²) in [5, 5.41) is 3.54. The first-order valence-corrected chi connectivity index (χ1v) is 6.45. The van der Waals surface area contributed by atoms with Crippen molar-refractivity contribution in [1.82, 2.24) is 10.2 Å². The van der Waals surface area contributed by atoms with Gasteiger partial charge in [-0.15, -0.1) is 6.58 Å². The third kappa shape index (κ3) is 7.89. The van der Waals surface area contributed by atoms with E-state index in [-0.39, 0.29) is 0 Å². The molecule has 0 spiro atoms. The lowest BCUT2D eigenvalue weighted by Crippen LogP contribution is -2.41. The average Bonchev–Trinajstić information content (AvgIpc) is 2.15. The highest BCUT2D eigenvalue weighted by Gasteiger charge is 2.20. The molecule has 0 saturated heterocycles. The molecule has 96 valence electrons. The van der Waals surface area contributed by atoms with Crippen molar-refractivity contribution in [3.63, 3.8) is 0 Å². The second kappa shape index (κ2) is 7.86. The predicted molar refractivity (Wildman–Crippen MR) is 73.8 cm³/mol. The van der Waals surface area contributed by atoms with Crippen molar-refractivity contribution in [2.45, 2.75) is 34.6 Å². The van der Waals surface area contributed by atoms with E-state index in [1.807, 2.05) is 6.08 Å². The van der Waals surface area contributed by atoms with Crippen LogP contribution in [0, 0.1) is 11.3 Å². The van der Waals surface area contributed by atoms with Gasteiger partial charge in [0.15, 0.2) is 0 Å². The number of nitrogens with one attached hydrogen (secondary N) is 1. The Morgan fingerprint density at radius 1 is 1.38 bits per heavy atom. The monoisotopic (exact) mass is 226 g/mol. The molecule has 0 bridgehead atoms. The molecule has 0 aromatic rings. The normalized spacial score (nSPS) is 12.4. The van der Waals surface area contributed by atoms with E-state index in [0.29, 0.717) is 5.41 Å². The van der Waals surface area contributed by atoms with Crippen LogP contribution in [0.1, 0.15) is 34.6 Å². The molecular weight excluding hydrogens is 196 g/mol. The van der Waals surface area contributed by atoms with Gasteiger partial charge in [-0.05, 0) is 24.4 Å². The molecule has 0 heterocycles. The summed E-state index contributed by atoms with van der Waals surface area (Å²) in [6, 6.07) is 0. The largest absolute Gasteiger partial charge is 0.316 e. The zero-order valence-electron chi connectivity index (χ0n) is 11.8. The highest BCUT2D eigenvalue weighted by atomic mass is 15.1. The van der Waals surface area contributed by atoms with Crippen LogP contribution in [0.3, 0.4) is 0 Å². The van der Waals surface area contributed by atoms with E-state index in [2.05, 4.69) is 51.4 Å². The molecule has 0 amide bonds. The molecule has 0 aliphatic heterocycles. The summed E-state index contributed by atoms with van der Waals surface area (Å²) < 4.78 is 0. The first kappa shape index (κ1) is 15.7. The highest BCUT2D eigenvalue weighted by Crippen LogP contribution is 2.15. The summed E-state index contributed by atoms with van der Waals surface area (Å²) in [6.45, 7) is 20.6. The zero-order valence-corrected chi connectivity index (χ0v) is 11.8. The summed E-state index contributed by atoms with van der Waals surface area (Å²) in [7, 11) is 0. The second-order valence-corrected chi connectivity index (χ2v) is 5.81. The van der Waals surface area contributed by atoms with Crippen molar-refractivity contribution in [2.24, 2.45) is 11.3 Å². The van der Waals surface area contributed by atoms with Crippen molar-refractivity contribution in [1.29, 1.82) is 0 Å². The molecule has 2 nitrogen and oxygen atoms in total. The lowest BCUT2D eigenvalue weighted by atomic mass is 9.92. The molecule has 0 aliphatic carbocycles. The van der Waals surface area contributed by atoms with E-state index in [1.54, 1.807) is 0 Å². The van der Waals surface area contributed by atoms with Gasteiger partial charge in [0.05, 0.1) is 0 Å². The van der Waals surface area contributed by atoms with Crippen molar-refractivity contribution in [3.8, 4) is 0 Å². The minimum absolute atomic E-state index is 0.327. The molecule has 0 aromatic carbocycles. The zero-order chi connectivity index (χ0) is 12.6. The van der Waals surface area contributed by atoms with Gasteiger partial charge in [0.1, 0.15) is 0 Å². The third-order valence-corrected chi connectivity index (χ3v) is 2.64. The lowest BCUT2D eigenvalue weighted by molar-refractivity contribution is 0.194. The van der Waals surface area contributed by atoms with Crippen molar-refractivity contribution in [3.05, 3.63) is 12.7 Å². The highest BCUT2D eigenvalue weighted by molar-refractivity contribution is 4.80. The molecule has 0 radical (unpaired) electrons. The smallest absolute Gasteiger partial charge is 0.0160 e. The van der Waals surface area contributed by atoms with E-state index in [9.17, 15) is 0 Å². The van der Waals surface area contributed by atoms with Crippen LogP contribution < -0.4 is 5.32 Å². The molecule has 16 heavy (non-hydrogen) atoms. The molecular formula is C14H30N2. The Balaban J connectivity index is 3.95. The first-order valence-electron chi connectivity index (χ1n) is 6.45. The molecule has 0 rings (SSSR count). The summed E-state index contributed by atoms with van der Waals surface area (Å²) >= 11 is 0. The molecule has 1 N–H and O–H groups in total.